The molecule has 0 saturated carbocycles. The number of hydrogen-bond acceptors (Lipinski definition) is 4. The summed E-state index contributed by atoms with van der Waals surface area (Å²) in [6, 6.07) is -0.0614. The van der Waals surface area contributed by atoms with Crippen LogP contribution >= 0.6 is 0 Å². The molecule has 100 valence electrons. The van der Waals surface area contributed by atoms with E-state index in [0.717, 1.165) is 25.9 Å². The van der Waals surface area contributed by atoms with Crippen molar-refractivity contribution >= 4 is 5.91 Å². The third-order valence-corrected chi connectivity index (χ3v) is 3.20. The zero-order valence-corrected chi connectivity index (χ0v) is 10.8. The molecule has 0 spiro atoms. The normalized spacial score (nSPS) is 20.2. The van der Waals surface area contributed by atoms with Crippen LogP contribution in [0.4, 0.5) is 0 Å². The van der Waals surface area contributed by atoms with Gasteiger partial charge in [-0.3, -0.25) is 9.69 Å². The number of rotatable bonds is 6. The van der Waals surface area contributed by atoms with Crippen LogP contribution in [0.2, 0.25) is 0 Å². The lowest BCUT2D eigenvalue weighted by atomic mass is 10.1. The van der Waals surface area contributed by atoms with Crippen molar-refractivity contribution in [1.82, 2.24) is 10.2 Å². The number of nitrogens with one attached hydrogen (secondary N) is 1. The molecule has 0 radical (unpaired) electrons. The average Bonchev–Trinajstić information content (AvgIpc) is 2.36. The van der Waals surface area contributed by atoms with Crippen molar-refractivity contribution in [3.8, 4) is 0 Å². The fourth-order valence-corrected chi connectivity index (χ4v) is 2.14. The second-order valence-electron chi connectivity index (χ2n) is 4.40. The van der Waals surface area contributed by atoms with Gasteiger partial charge in [0.15, 0.2) is 0 Å². The number of carbonyl (C=O) groups is 1. The predicted octanol–water partition coefficient (Wildman–Crippen LogP) is -0.0157. The summed E-state index contributed by atoms with van der Waals surface area (Å²) >= 11 is 0. The fourth-order valence-electron chi connectivity index (χ4n) is 2.14. The number of nitrogens with zero attached hydrogens (tertiary/aromatic N) is 1. The van der Waals surface area contributed by atoms with Crippen LogP contribution < -0.4 is 5.32 Å². The van der Waals surface area contributed by atoms with Crippen LogP contribution in [0.15, 0.2) is 0 Å². The molecule has 2 N–H and O–H groups in total. The van der Waals surface area contributed by atoms with Crippen LogP contribution in [0.1, 0.15) is 26.7 Å². The molecule has 1 atom stereocenters. The van der Waals surface area contributed by atoms with Crippen molar-refractivity contribution in [1.29, 1.82) is 0 Å². The number of likely N-dealkylation sites (tertiary alicyclic amines) is 1. The van der Waals surface area contributed by atoms with Crippen LogP contribution in [0.5, 0.6) is 0 Å². The Balaban J connectivity index is 2.28. The fraction of sp³-hybridized carbons (Fsp3) is 0.917. The standard InChI is InChI=1S/C12H24N2O3/c1-3-13-12(16)10(2)14-6-4-11(5-7-14)17-9-8-15/h10-11,15H,3-9H2,1-2H3,(H,13,16). The molecular formula is C12H24N2O3. The van der Waals surface area contributed by atoms with Gasteiger partial charge in [-0.15, -0.1) is 0 Å². The molecule has 1 unspecified atom stereocenters. The van der Waals surface area contributed by atoms with Gasteiger partial charge in [0.05, 0.1) is 25.4 Å². The van der Waals surface area contributed by atoms with E-state index >= 15 is 0 Å². The third kappa shape index (κ3) is 4.61. The molecule has 5 nitrogen and oxygen atoms in total. The van der Waals surface area contributed by atoms with E-state index in [9.17, 15) is 4.79 Å². The smallest absolute Gasteiger partial charge is 0.237 e. The van der Waals surface area contributed by atoms with E-state index in [2.05, 4.69) is 10.2 Å². The molecule has 1 fully saturated rings. The minimum absolute atomic E-state index is 0.0614. The van der Waals surface area contributed by atoms with E-state index in [-0.39, 0.29) is 24.7 Å². The molecule has 0 aromatic carbocycles. The van der Waals surface area contributed by atoms with Crippen LogP contribution in [0, 0.1) is 0 Å². The maximum absolute atomic E-state index is 11.7. The molecule has 1 rings (SSSR count). The second kappa shape index (κ2) is 7.63. The Kier molecular flexibility index (Phi) is 6.47. The van der Waals surface area contributed by atoms with Gasteiger partial charge >= 0.3 is 0 Å². The van der Waals surface area contributed by atoms with Crippen molar-refractivity contribution in [3.05, 3.63) is 0 Å². The number of amides is 1. The van der Waals surface area contributed by atoms with Crippen molar-refractivity contribution < 1.29 is 14.6 Å². The van der Waals surface area contributed by atoms with Gasteiger partial charge in [-0.2, -0.15) is 0 Å². The highest BCUT2D eigenvalue weighted by Gasteiger charge is 2.26. The van der Waals surface area contributed by atoms with Crippen LogP contribution in [0.25, 0.3) is 0 Å². The van der Waals surface area contributed by atoms with E-state index in [1.165, 1.54) is 0 Å². The summed E-state index contributed by atoms with van der Waals surface area (Å²) in [5.74, 6) is 0.0993. The molecule has 1 saturated heterocycles. The maximum atomic E-state index is 11.7. The molecular weight excluding hydrogens is 220 g/mol. The lowest BCUT2D eigenvalue weighted by Crippen LogP contribution is -2.49. The largest absolute Gasteiger partial charge is 0.394 e. The van der Waals surface area contributed by atoms with E-state index < -0.39 is 0 Å². The quantitative estimate of drug-likeness (QED) is 0.689. The van der Waals surface area contributed by atoms with Gasteiger partial charge in [0, 0.05) is 19.6 Å². The van der Waals surface area contributed by atoms with Gasteiger partial charge in [0.25, 0.3) is 0 Å². The molecule has 1 aliphatic rings. The lowest BCUT2D eigenvalue weighted by Gasteiger charge is -2.35. The van der Waals surface area contributed by atoms with Gasteiger partial charge in [0.2, 0.25) is 5.91 Å². The Labute approximate surface area is 103 Å². The summed E-state index contributed by atoms with van der Waals surface area (Å²) in [7, 11) is 0. The van der Waals surface area contributed by atoms with E-state index in [4.69, 9.17) is 9.84 Å². The number of likely N-dealkylation sites (N-methyl/N-ethyl adjacent to an activating group) is 1. The first-order valence-electron chi connectivity index (χ1n) is 6.43. The highest BCUT2D eigenvalue weighted by molar-refractivity contribution is 5.81. The Morgan fingerprint density at radius 1 is 1.53 bits per heavy atom. The van der Waals surface area contributed by atoms with Crippen molar-refractivity contribution in [2.45, 2.75) is 38.8 Å². The minimum atomic E-state index is -0.0614. The number of carbonyl (C=O) groups excluding carboxylic acids is 1. The van der Waals surface area contributed by atoms with Crippen LogP contribution in [-0.4, -0.2) is 60.9 Å². The van der Waals surface area contributed by atoms with Gasteiger partial charge in [-0.25, -0.2) is 0 Å². The Morgan fingerprint density at radius 2 is 2.18 bits per heavy atom. The second-order valence-corrected chi connectivity index (χ2v) is 4.40. The van der Waals surface area contributed by atoms with Crippen LogP contribution in [-0.2, 0) is 9.53 Å². The van der Waals surface area contributed by atoms with E-state index in [0.29, 0.717) is 13.2 Å². The average molecular weight is 244 g/mol. The molecule has 1 aliphatic heterocycles. The van der Waals surface area contributed by atoms with E-state index in [1.807, 2.05) is 13.8 Å². The van der Waals surface area contributed by atoms with Gasteiger partial charge < -0.3 is 15.2 Å². The first-order valence-corrected chi connectivity index (χ1v) is 6.43. The number of ether oxygens (including phenoxy) is 1. The first-order chi connectivity index (χ1) is 8.19. The summed E-state index contributed by atoms with van der Waals surface area (Å²) < 4.78 is 5.49. The highest BCUT2D eigenvalue weighted by Crippen LogP contribution is 2.15. The summed E-state index contributed by atoms with van der Waals surface area (Å²) in [4.78, 5) is 13.9. The van der Waals surface area contributed by atoms with Gasteiger partial charge in [-0.1, -0.05) is 0 Å². The first kappa shape index (κ1) is 14.4. The molecule has 1 heterocycles. The zero-order chi connectivity index (χ0) is 12.7. The van der Waals surface area contributed by atoms with Crippen molar-refractivity contribution in [2.24, 2.45) is 0 Å². The monoisotopic (exact) mass is 244 g/mol. The lowest BCUT2D eigenvalue weighted by molar-refractivity contribution is -0.127. The summed E-state index contributed by atoms with van der Waals surface area (Å²) in [5, 5.41) is 11.5. The van der Waals surface area contributed by atoms with E-state index in [1.54, 1.807) is 0 Å². The SMILES string of the molecule is CCNC(=O)C(C)N1CCC(OCCO)CC1. The summed E-state index contributed by atoms with van der Waals surface area (Å²) in [5.41, 5.74) is 0. The predicted molar refractivity (Wildman–Crippen MR) is 65.8 cm³/mol. The van der Waals surface area contributed by atoms with Gasteiger partial charge in [-0.05, 0) is 26.7 Å². The number of hydrogen-bond donors (Lipinski definition) is 2. The topological polar surface area (TPSA) is 61.8 Å². The van der Waals surface area contributed by atoms with Crippen LogP contribution in [0.3, 0.4) is 0 Å². The van der Waals surface area contributed by atoms with Gasteiger partial charge in [0.1, 0.15) is 0 Å². The highest BCUT2D eigenvalue weighted by atomic mass is 16.5. The molecule has 17 heavy (non-hydrogen) atoms. The molecule has 0 bridgehead atoms. The molecule has 1 amide bonds. The number of piperidine rings is 1. The molecule has 0 aliphatic carbocycles. The maximum Gasteiger partial charge on any atom is 0.237 e. The summed E-state index contributed by atoms with van der Waals surface area (Å²) in [6.07, 6.45) is 2.10. The zero-order valence-electron chi connectivity index (χ0n) is 10.8. The number of aliphatic hydroxyl groups is 1. The van der Waals surface area contributed by atoms with Crippen molar-refractivity contribution in [3.63, 3.8) is 0 Å². The third-order valence-electron chi connectivity index (χ3n) is 3.20. The Hall–Kier alpha value is -0.650. The molecule has 0 aromatic rings. The molecule has 0 aromatic heterocycles. The Bertz CT molecular complexity index is 228. The Morgan fingerprint density at radius 3 is 2.71 bits per heavy atom. The number of aliphatic hydroxyl groups excluding tert-OH is 1. The molecule has 5 heteroatoms. The summed E-state index contributed by atoms with van der Waals surface area (Å²) in [6.45, 7) is 6.81. The van der Waals surface area contributed by atoms with Crippen molar-refractivity contribution in [2.75, 3.05) is 32.8 Å². The minimum Gasteiger partial charge on any atom is -0.394 e.